The summed E-state index contributed by atoms with van der Waals surface area (Å²) in [4.78, 5) is 13.4. The Hall–Kier alpha value is -1.40. The maximum absolute atomic E-state index is 13.5. The molecule has 0 atom stereocenters. The second-order valence-electron chi connectivity index (χ2n) is 4.09. The Kier molecular flexibility index (Phi) is 4.55. The maximum atomic E-state index is 13.5. The summed E-state index contributed by atoms with van der Waals surface area (Å²) < 4.78 is 31.5. The first-order valence-electron chi connectivity index (χ1n) is 5.82. The van der Waals surface area contributed by atoms with E-state index >= 15 is 0 Å². The van der Waals surface area contributed by atoms with Gasteiger partial charge in [-0.05, 0) is 6.07 Å². The molecule has 104 valence electrons. The Morgan fingerprint density at radius 3 is 2.68 bits per heavy atom. The van der Waals surface area contributed by atoms with Crippen molar-refractivity contribution in [3.8, 4) is 0 Å². The third-order valence-electron chi connectivity index (χ3n) is 2.79. The summed E-state index contributed by atoms with van der Waals surface area (Å²) in [5.74, 6) is -1.75. The molecule has 1 aromatic rings. The molecule has 1 aromatic carbocycles. The van der Waals surface area contributed by atoms with Crippen LogP contribution in [0.1, 0.15) is 0 Å². The predicted molar refractivity (Wildman–Crippen MR) is 67.3 cm³/mol. The van der Waals surface area contributed by atoms with Crippen molar-refractivity contribution in [2.45, 2.75) is 0 Å². The Morgan fingerprint density at radius 2 is 2.05 bits per heavy atom. The number of nitrogens with zero attached hydrogens (tertiary/aromatic N) is 1. The summed E-state index contributed by atoms with van der Waals surface area (Å²) in [6.07, 6.45) is 0. The van der Waals surface area contributed by atoms with Crippen molar-refractivity contribution < 1.29 is 18.3 Å². The third-order valence-corrected chi connectivity index (χ3v) is 3.09. The van der Waals surface area contributed by atoms with Crippen molar-refractivity contribution in [2.75, 3.05) is 38.2 Å². The van der Waals surface area contributed by atoms with E-state index in [1.165, 1.54) is 0 Å². The minimum atomic E-state index is -0.820. The van der Waals surface area contributed by atoms with E-state index in [9.17, 15) is 13.6 Å². The van der Waals surface area contributed by atoms with Gasteiger partial charge in [-0.1, -0.05) is 11.6 Å². The van der Waals surface area contributed by atoms with Crippen LogP contribution in [0.3, 0.4) is 0 Å². The van der Waals surface area contributed by atoms with Crippen molar-refractivity contribution in [3.63, 3.8) is 0 Å². The molecule has 0 unspecified atom stereocenters. The van der Waals surface area contributed by atoms with Gasteiger partial charge < -0.3 is 15.0 Å². The van der Waals surface area contributed by atoms with Crippen LogP contribution in [-0.2, 0) is 9.53 Å². The molecule has 1 aliphatic heterocycles. The van der Waals surface area contributed by atoms with Gasteiger partial charge in [-0.25, -0.2) is 8.78 Å². The molecule has 0 radical (unpaired) electrons. The average molecular weight is 291 g/mol. The Bertz CT molecular complexity index is 456. The van der Waals surface area contributed by atoms with E-state index in [1.54, 1.807) is 4.90 Å². The molecule has 1 N–H and O–H groups in total. The van der Waals surface area contributed by atoms with Crippen LogP contribution in [0.4, 0.5) is 14.5 Å². The number of halogens is 3. The number of hydrogen-bond donors (Lipinski definition) is 1. The van der Waals surface area contributed by atoms with Crippen molar-refractivity contribution in [1.82, 2.24) is 4.90 Å². The zero-order valence-electron chi connectivity index (χ0n) is 10.1. The Balaban J connectivity index is 1.96. The average Bonchev–Trinajstić information content (AvgIpc) is 2.38. The van der Waals surface area contributed by atoms with E-state index in [4.69, 9.17) is 16.3 Å². The van der Waals surface area contributed by atoms with E-state index in [2.05, 4.69) is 5.32 Å². The number of hydrogen-bond acceptors (Lipinski definition) is 3. The van der Waals surface area contributed by atoms with Gasteiger partial charge in [0.05, 0.1) is 30.5 Å². The largest absolute Gasteiger partial charge is 0.378 e. The zero-order chi connectivity index (χ0) is 13.8. The van der Waals surface area contributed by atoms with Crippen LogP contribution in [-0.4, -0.2) is 43.7 Å². The first-order valence-corrected chi connectivity index (χ1v) is 6.19. The lowest BCUT2D eigenvalue weighted by atomic mass is 10.3. The number of benzene rings is 1. The fraction of sp³-hybridized carbons (Fsp3) is 0.417. The van der Waals surface area contributed by atoms with E-state index in [-0.39, 0.29) is 23.2 Å². The van der Waals surface area contributed by atoms with E-state index < -0.39 is 11.6 Å². The molecule has 1 aliphatic rings. The summed E-state index contributed by atoms with van der Waals surface area (Å²) in [7, 11) is 0. The molecular weight excluding hydrogens is 278 g/mol. The minimum absolute atomic E-state index is 0.0651. The Labute approximate surface area is 114 Å². The fourth-order valence-corrected chi connectivity index (χ4v) is 2.06. The summed E-state index contributed by atoms with van der Waals surface area (Å²) in [6.45, 7) is 1.93. The topological polar surface area (TPSA) is 41.6 Å². The standard InChI is InChI=1S/C12H13ClF2N2O2/c13-9-5-8(14)6-10(15)12(9)16-7-11(18)17-1-3-19-4-2-17/h5-6,16H,1-4,7H2. The third kappa shape index (κ3) is 3.54. The van der Waals surface area contributed by atoms with Crippen LogP contribution in [0.25, 0.3) is 0 Å². The number of carbonyl (C=O) groups is 1. The lowest BCUT2D eigenvalue weighted by molar-refractivity contribution is -0.133. The quantitative estimate of drug-likeness (QED) is 0.924. The molecule has 1 heterocycles. The van der Waals surface area contributed by atoms with Gasteiger partial charge in [-0.2, -0.15) is 0 Å². The van der Waals surface area contributed by atoms with E-state index in [1.807, 2.05) is 0 Å². The van der Waals surface area contributed by atoms with Crippen molar-refractivity contribution in [2.24, 2.45) is 0 Å². The van der Waals surface area contributed by atoms with Crippen LogP contribution >= 0.6 is 11.6 Å². The lowest BCUT2D eigenvalue weighted by Gasteiger charge is -2.27. The van der Waals surface area contributed by atoms with Crippen LogP contribution in [0, 0.1) is 11.6 Å². The van der Waals surface area contributed by atoms with Gasteiger partial charge in [-0.15, -0.1) is 0 Å². The number of ether oxygens (including phenoxy) is 1. The van der Waals surface area contributed by atoms with Gasteiger partial charge >= 0.3 is 0 Å². The minimum Gasteiger partial charge on any atom is -0.378 e. The van der Waals surface area contributed by atoms with Crippen LogP contribution in [0.5, 0.6) is 0 Å². The van der Waals surface area contributed by atoms with E-state index in [0.29, 0.717) is 32.4 Å². The highest BCUT2D eigenvalue weighted by molar-refractivity contribution is 6.33. The molecule has 1 amide bonds. The first kappa shape index (κ1) is 14.0. The SMILES string of the molecule is O=C(CNc1c(F)cc(F)cc1Cl)N1CCOCC1. The summed E-state index contributed by atoms with van der Waals surface area (Å²) in [5, 5.41) is 2.51. The molecule has 1 saturated heterocycles. The number of rotatable bonds is 3. The molecule has 19 heavy (non-hydrogen) atoms. The Morgan fingerprint density at radius 1 is 1.37 bits per heavy atom. The molecular formula is C12H13ClF2N2O2. The highest BCUT2D eigenvalue weighted by atomic mass is 35.5. The monoisotopic (exact) mass is 290 g/mol. The molecule has 2 rings (SSSR count). The normalized spacial score (nSPS) is 15.4. The lowest BCUT2D eigenvalue weighted by Crippen LogP contribution is -2.43. The molecule has 0 saturated carbocycles. The van der Waals surface area contributed by atoms with Crippen LogP contribution < -0.4 is 5.32 Å². The molecule has 0 spiro atoms. The van der Waals surface area contributed by atoms with E-state index in [0.717, 1.165) is 6.07 Å². The van der Waals surface area contributed by atoms with Crippen LogP contribution in [0.15, 0.2) is 12.1 Å². The van der Waals surface area contributed by atoms with Crippen molar-refractivity contribution in [3.05, 3.63) is 28.8 Å². The zero-order valence-corrected chi connectivity index (χ0v) is 10.8. The molecule has 0 aromatic heterocycles. The van der Waals surface area contributed by atoms with Gasteiger partial charge in [-0.3, -0.25) is 4.79 Å². The number of nitrogens with one attached hydrogen (secondary N) is 1. The smallest absolute Gasteiger partial charge is 0.242 e. The highest BCUT2D eigenvalue weighted by Gasteiger charge is 2.17. The molecule has 4 nitrogen and oxygen atoms in total. The predicted octanol–water partition coefficient (Wildman–Crippen LogP) is 1.89. The number of anilines is 1. The van der Waals surface area contributed by atoms with Gasteiger partial charge in [0.25, 0.3) is 0 Å². The summed E-state index contributed by atoms with van der Waals surface area (Å²) in [6, 6.07) is 1.71. The van der Waals surface area contributed by atoms with Crippen molar-refractivity contribution >= 4 is 23.2 Å². The molecule has 0 bridgehead atoms. The van der Waals surface area contributed by atoms with Gasteiger partial charge in [0.15, 0.2) is 5.82 Å². The van der Waals surface area contributed by atoms with Gasteiger partial charge in [0.1, 0.15) is 5.82 Å². The molecule has 0 aliphatic carbocycles. The summed E-state index contributed by atoms with van der Waals surface area (Å²) in [5.41, 5.74) is -0.0651. The first-order chi connectivity index (χ1) is 9.08. The second kappa shape index (κ2) is 6.16. The van der Waals surface area contributed by atoms with Gasteiger partial charge in [0, 0.05) is 19.2 Å². The highest BCUT2D eigenvalue weighted by Crippen LogP contribution is 2.26. The number of morpholine rings is 1. The number of amides is 1. The molecule has 7 heteroatoms. The van der Waals surface area contributed by atoms with Crippen molar-refractivity contribution in [1.29, 1.82) is 0 Å². The van der Waals surface area contributed by atoms with Crippen LogP contribution in [0.2, 0.25) is 5.02 Å². The van der Waals surface area contributed by atoms with Gasteiger partial charge in [0.2, 0.25) is 5.91 Å². The maximum Gasteiger partial charge on any atom is 0.242 e. The fourth-order valence-electron chi connectivity index (χ4n) is 1.80. The number of carbonyl (C=O) groups excluding carboxylic acids is 1. The molecule has 1 fully saturated rings. The summed E-state index contributed by atoms with van der Waals surface area (Å²) >= 11 is 5.72. The second-order valence-corrected chi connectivity index (χ2v) is 4.50.